The molecule has 0 amide bonds. The van der Waals surface area contributed by atoms with Crippen LogP contribution in [0.2, 0.25) is 5.02 Å². The zero-order valence-corrected chi connectivity index (χ0v) is 11.9. The predicted molar refractivity (Wildman–Crippen MR) is 76.3 cm³/mol. The van der Waals surface area contributed by atoms with E-state index in [9.17, 15) is 5.11 Å². The van der Waals surface area contributed by atoms with Crippen molar-refractivity contribution < 1.29 is 14.3 Å². The minimum Gasteiger partial charge on any atom is -0.501 e. The van der Waals surface area contributed by atoms with E-state index in [1.54, 1.807) is 17.0 Å². The van der Waals surface area contributed by atoms with Gasteiger partial charge in [0.15, 0.2) is 0 Å². The summed E-state index contributed by atoms with van der Waals surface area (Å²) in [6, 6.07) is 7.24. The number of nitrogens with zero attached hydrogens (tertiary/aromatic N) is 1. The molecule has 0 saturated carbocycles. The SMILES string of the molecule is CCOc1oc(N(C)C)c(-c2cccc(Cl)c2)c1O. The fourth-order valence-corrected chi connectivity index (χ4v) is 2.03. The second-order valence-corrected chi connectivity index (χ2v) is 4.69. The Kier molecular flexibility index (Phi) is 3.90. The molecule has 0 aliphatic heterocycles. The molecule has 1 aromatic heterocycles. The van der Waals surface area contributed by atoms with Gasteiger partial charge in [-0.2, -0.15) is 0 Å². The minimum atomic E-state index is -0.00665. The molecule has 102 valence electrons. The van der Waals surface area contributed by atoms with E-state index in [2.05, 4.69) is 0 Å². The molecule has 0 aliphatic rings. The van der Waals surface area contributed by atoms with Gasteiger partial charge in [-0.1, -0.05) is 23.7 Å². The molecule has 0 radical (unpaired) electrons. The maximum Gasteiger partial charge on any atom is 0.330 e. The van der Waals surface area contributed by atoms with Crippen molar-refractivity contribution in [3.8, 4) is 22.8 Å². The quantitative estimate of drug-likeness (QED) is 0.927. The highest BCUT2D eigenvalue weighted by atomic mass is 35.5. The Morgan fingerprint density at radius 2 is 2.11 bits per heavy atom. The third kappa shape index (κ3) is 2.63. The first-order valence-corrected chi connectivity index (χ1v) is 6.34. The number of aromatic hydroxyl groups is 1. The van der Waals surface area contributed by atoms with Crippen LogP contribution in [0.3, 0.4) is 0 Å². The molecular weight excluding hydrogens is 266 g/mol. The molecule has 1 aromatic carbocycles. The molecule has 2 rings (SSSR count). The molecule has 0 atom stereocenters. The molecule has 0 spiro atoms. The lowest BCUT2D eigenvalue weighted by molar-refractivity contribution is 0.244. The van der Waals surface area contributed by atoms with Crippen LogP contribution in [0.15, 0.2) is 28.7 Å². The summed E-state index contributed by atoms with van der Waals surface area (Å²) in [4.78, 5) is 1.78. The molecule has 0 fully saturated rings. The van der Waals surface area contributed by atoms with E-state index in [1.807, 2.05) is 33.2 Å². The predicted octanol–water partition coefficient (Wildman–Crippen LogP) is 3.77. The van der Waals surface area contributed by atoms with Crippen molar-refractivity contribution in [1.29, 1.82) is 0 Å². The smallest absolute Gasteiger partial charge is 0.330 e. The van der Waals surface area contributed by atoms with Gasteiger partial charge in [0.1, 0.15) is 0 Å². The molecule has 4 nitrogen and oxygen atoms in total. The fraction of sp³-hybridized carbons (Fsp3) is 0.286. The number of furan rings is 1. The molecule has 0 aliphatic carbocycles. The Balaban J connectivity index is 2.60. The monoisotopic (exact) mass is 281 g/mol. The van der Waals surface area contributed by atoms with E-state index in [1.165, 1.54) is 0 Å². The normalized spacial score (nSPS) is 10.5. The van der Waals surface area contributed by atoms with E-state index >= 15 is 0 Å². The van der Waals surface area contributed by atoms with Crippen molar-refractivity contribution in [3.05, 3.63) is 29.3 Å². The van der Waals surface area contributed by atoms with Gasteiger partial charge in [-0.05, 0) is 24.6 Å². The van der Waals surface area contributed by atoms with E-state index in [0.717, 1.165) is 5.56 Å². The average Bonchev–Trinajstić information content (AvgIpc) is 2.68. The van der Waals surface area contributed by atoms with Crippen LogP contribution < -0.4 is 9.64 Å². The van der Waals surface area contributed by atoms with Gasteiger partial charge in [-0.15, -0.1) is 0 Å². The second-order valence-electron chi connectivity index (χ2n) is 4.26. The Bertz CT molecular complexity index is 578. The van der Waals surface area contributed by atoms with Crippen molar-refractivity contribution in [2.75, 3.05) is 25.6 Å². The maximum absolute atomic E-state index is 10.2. The summed E-state index contributed by atoms with van der Waals surface area (Å²) in [6.07, 6.45) is 0. The molecule has 0 bridgehead atoms. The summed E-state index contributed by atoms with van der Waals surface area (Å²) in [7, 11) is 3.67. The lowest BCUT2D eigenvalue weighted by Gasteiger charge is -2.10. The second kappa shape index (κ2) is 5.45. The van der Waals surface area contributed by atoms with Crippen LogP contribution in [0.4, 0.5) is 5.88 Å². The molecule has 1 N–H and O–H groups in total. The highest BCUT2D eigenvalue weighted by Crippen LogP contribution is 2.47. The van der Waals surface area contributed by atoms with Gasteiger partial charge in [0.2, 0.25) is 11.6 Å². The van der Waals surface area contributed by atoms with Crippen molar-refractivity contribution >= 4 is 17.5 Å². The van der Waals surface area contributed by atoms with E-state index in [-0.39, 0.29) is 11.7 Å². The fourth-order valence-electron chi connectivity index (χ4n) is 1.84. The van der Waals surface area contributed by atoms with Crippen molar-refractivity contribution in [2.24, 2.45) is 0 Å². The highest BCUT2D eigenvalue weighted by molar-refractivity contribution is 6.30. The first kappa shape index (κ1) is 13.6. The first-order valence-electron chi connectivity index (χ1n) is 5.96. The molecule has 19 heavy (non-hydrogen) atoms. The van der Waals surface area contributed by atoms with Crippen LogP contribution in [0.1, 0.15) is 6.92 Å². The van der Waals surface area contributed by atoms with Crippen LogP contribution in [0.25, 0.3) is 11.1 Å². The summed E-state index contributed by atoms with van der Waals surface area (Å²) < 4.78 is 10.8. The number of anilines is 1. The van der Waals surface area contributed by atoms with Gasteiger partial charge >= 0.3 is 5.95 Å². The number of rotatable bonds is 4. The zero-order chi connectivity index (χ0) is 14.0. The molecule has 5 heteroatoms. The minimum absolute atomic E-state index is 0.00665. The topological polar surface area (TPSA) is 45.8 Å². The highest BCUT2D eigenvalue weighted by Gasteiger charge is 2.23. The van der Waals surface area contributed by atoms with E-state index in [0.29, 0.717) is 23.1 Å². The Hall–Kier alpha value is -1.81. The lowest BCUT2D eigenvalue weighted by Crippen LogP contribution is -2.08. The Morgan fingerprint density at radius 3 is 2.68 bits per heavy atom. The van der Waals surface area contributed by atoms with Crippen LogP contribution in [0, 0.1) is 0 Å². The van der Waals surface area contributed by atoms with Crippen LogP contribution >= 0.6 is 11.6 Å². The summed E-state index contributed by atoms with van der Waals surface area (Å²) in [5.74, 6) is 0.650. The van der Waals surface area contributed by atoms with Gasteiger partial charge in [-0.25, -0.2) is 0 Å². The summed E-state index contributed by atoms with van der Waals surface area (Å²) in [5.41, 5.74) is 1.36. The van der Waals surface area contributed by atoms with Crippen LogP contribution in [0.5, 0.6) is 11.7 Å². The standard InChI is InChI=1S/C14H16ClNO3/c1-4-18-14-12(17)11(13(19-14)16(2)3)9-6-5-7-10(15)8-9/h5-8,17H,4H2,1-3H3. The van der Waals surface area contributed by atoms with E-state index in [4.69, 9.17) is 20.8 Å². The largest absolute Gasteiger partial charge is 0.501 e. The number of benzene rings is 1. The van der Waals surface area contributed by atoms with Gasteiger partial charge < -0.3 is 19.2 Å². The van der Waals surface area contributed by atoms with Gasteiger partial charge in [0.05, 0.1) is 12.2 Å². The molecule has 0 unspecified atom stereocenters. The summed E-state index contributed by atoms with van der Waals surface area (Å²) in [5, 5.41) is 10.8. The van der Waals surface area contributed by atoms with Crippen LogP contribution in [-0.2, 0) is 0 Å². The van der Waals surface area contributed by atoms with Crippen molar-refractivity contribution in [2.45, 2.75) is 6.92 Å². The number of hydrogen-bond acceptors (Lipinski definition) is 4. The first-order chi connectivity index (χ1) is 9.04. The van der Waals surface area contributed by atoms with Gasteiger partial charge in [-0.3, -0.25) is 0 Å². The molecular formula is C14H16ClNO3. The number of halogens is 1. The Labute approximate surface area is 117 Å². The summed E-state index contributed by atoms with van der Waals surface area (Å²) in [6.45, 7) is 2.25. The summed E-state index contributed by atoms with van der Waals surface area (Å²) >= 11 is 5.99. The van der Waals surface area contributed by atoms with Crippen molar-refractivity contribution in [1.82, 2.24) is 0 Å². The Morgan fingerprint density at radius 1 is 1.37 bits per heavy atom. The van der Waals surface area contributed by atoms with Gasteiger partial charge in [0.25, 0.3) is 0 Å². The third-order valence-electron chi connectivity index (χ3n) is 2.63. The average molecular weight is 282 g/mol. The van der Waals surface area contributed by atoms with Crippen molar-refractivity contribution in [3.63, 3.8) is 0 Å². The molecule has 1 heterocycles. The lowest BCUT2D eigenvalue weighted by atomic mass is 10.1. The molecule has 0 saturated heterocycles. The zero-order valence-electron chi connectivity index (χ0n) is 11.1. The molecule has 2 aromatic rings. The maximum atomic E-state index is 10.2. The van der Waals surface area contributed by atoms with Gasteiger partial charge in [0, 0.05) is 19.1 Å². The third-order valence-corrected chi connectivity index (χ3v) is 2.86. The van der Waals surface area contributed by atoms with Crippen LogP contribution in [-0.4, -0.2) is 25.8 Å². The van der Waals surface area contributed by atoms with E-state index < -0.39 is 0 Å². The number of hydrogen-bond donors (Lipinski definition) is 1. The number of ether oxygens (including phenoxy) is 1.